The number of hydrogen-bond donors (Lipinski definition) is 2. The number of nitriles is 1. The lowest BCUT2D eigenvalue weighted by molar-refractivity contribution is -0.640. The van der Waals surface area contributed by atoms with E-state index in [4.69, 9.17) is 0 Å². The Bertz CT molecular complexity index is 1140. The van der Waals surface area contributed by atoms with Crippen molar-refractivity contribution in [2.75, 3.05) is 26.2 Å². The molecule has 3 aliphatic heterocycles. The van der Waals surface area contributed by atoms with Crippen molar-refractivity contribution in [1.82, 2.24) is 10.2 Å². The number of nitrogens with one attached hydrogen (secondary N) is 1. The van der Waals surface area contributed by atoms with Gasteiger partial charge in [0.1, 0.15) is 5.92 Å². The van der Waals surface area contributed by atoms with Crippen LogP contribution in [0.2, 0.25) is 0 Å². The number of rotatable bonds is 3. The highest BCUT2D eigenvalue weighted by Crippen LogP contribution is 2.43. The summed E-state index contributed by atoms with van der Waals surface area (Å²) in [6.07, 6.45) is 8.64. The SMILES string of the molecule is N#Cc1ccc2c(c1)CNC[C@]21C[NH2+]C[C@H]1C(=O)N1CC[C@@H](c2ccccc2)C[C@H]1C1CCCCC1.[Cl-]. The van der Waals surface area contributed by atoms with Gasteiger partial charge in [0.15, 0.2) is 0 Å². The third kappa shape index (κ3) is 4.80. The lowest BCUT2D eigenvalue weighted by Gasteiger charge is -2.47. The first-order chi connectivity index (χ1) is 17.7. The summed E-state index contributed by atoms with van der Waals surface area (Å²) in [5.74, 6) is 1.54. The first kappa shape index (κ1) is 26.2. The number of carbonyl (C=O) groups is 1. The van der Waals surface area contributed by atoms with Crippen LogP contribution in [0.1, 0.15) is 73.1 Å². The monoisotopic (exact) mass is 518 g/mol. The maximum absolute atomic E-state index is 14.5. The van der Waals surface area contributed by atoms with Gasteiger partial charge in [-0.15, -0.1) is 0 Å². The number of nitrogens with two attached hydrogens (primary N) is 1. The van der Waals surface area contributed by atoms with Crippen LogP contribution in [0.4, 0.5) is 0 Å². The predicted octanol–water partition coefficient (Wildman–Crippen LogP) is 0.452. The van der Waals surface area contributed by atoms with Gasteiger partial charge in [0.05, 0.1) is 30.1 Å². The summed E-state index contributed by atoms with van der Waals surface area (Å²) in [6, 6.07) is 19.7. The van der Waals surface area contributed by atoms with Crippen molar-refractivity contribution >= 4 is 5.91 Å². The van der Waals surface area contributed by atoms with E-state index >= 15 is 0 Å². The highest BCUT2D eigenvalue weighted by Gasteiger charge is 2.55. The van der Waals surface area contributed by atoms with Gasteiger partial charge >= 0.3 is 0 Å². The lowest BCUT2D eigenvalue weighted by Crippen LogP contribution is -3.00. The van der Waals surface area contributed by atoms with Crippen LogP contribution >= 0.6 is 0 Å². The van der Waals surface area contributed by atoms with Crippen LogP contribution in [-0.2, 0) is 16.8 Å². The van der Waals surface area contributed by atoms with Crippen molar-refractivity contribution in [2.24, 2.45) is 11.8 Å². The number of piperidine rings is 1. The molecule has 0 radical (unpaired) electrons. The molecule has 0 bridgehead atoms. The van der Waals surface area contributed by atoms with Crippen LogP contribution in [0.25, 0.3) is 0 Å². The van der Waals surface area contributed by atoms with Crippen molar-refractivity contribution in [2.45, 2.75) is 68.9 Å². The minimum Gasteiger partial charge on any atom is -1.00 e. The molecule has 5 nitrogen and oxygen atoms in total. The van der Waals surface area contributed by atoms with Crippen molar-refractivity contribution in [3.05, 3.63) is 70.8 Å². The van der Waals surface area contributed by atoms with Crippen LogP contribution in [-0.4, -0.2) is 43.0 Å². The van der Waals surface area contributed by atoms with E-state index in [9.17, 15) is 10.1 Å². The molecule has 4 aliphatic rings. The Morgan fingerprint density at radius 1 is 1.08 bits per heavy atom. The third-order valence-corrected chi connectivity index (χ3v) is 9.80. The van der Waals surface area contributed by atoms with Gasteiger partial charge in [-0.2, -0.15) is 5.26 Å². The van der Waals surface area contributed by atoms with Crippen molar-refractivity contribution in [1.29, 1.82) is 5.26 Å². The van der Waals surface area contributed by atoms with Crippen LogP contribution in [0.5, 0.6) is 0 Å². The summed E-state index contributed by atoms with van der Waals surface area (Å²) in [4.78, 5) is 16.9. The Morgan fingerprint density at radius 2 is 1.89 bits per heavy atom. The van der Waals surface area contributed by atoms with Crippen LogP contribution in [0.3, 0.4) is 0 Å². The Morgan fingerprint density at radius 3 is 2.68 bits per heavy atom. The molecule has 2 aromatic carbocycles. The Hall–Kier alpha value is -2.39. The molecule has 1 spiro atoms. The summed E-state index contributed by atoms with van der Waals surface area (Å²) in [7, 11) is 0. The number of amides is 1. The van der Waals surface area contributed by atoms with E-state index in [1.165, 1.54) is 48.8 Å². The Kier molecular flexibility index (Phi) is 7.91. The Balaban J connectivity index is 0.00000280. The summed E-state index contributed by atoms with van der Waals surface area (Å²) in [5, 5.41) is 15.4. The number of fused-ring (bicyclic) bond motifs is 2. The number of benzene rings is 2. The second kappa shape index (κ2) is 11.2. The average molecular weight is 519 g/mol. The van der Waals surface area contributed by atoms with E-state index in [1.807, 2.05) is 12.1 Å². The van der Waals surface area contributed by atoms with Gasteiger partial charge in [-0.05, 0) is 66.3 Å². The molecular formula is C31H39ClN4O. The van der Waals surface area contributed by atoms with Crippen LogP contribution < -0.4 is 23.0 Å². The molecule has 6 heteroatoms. The van der Waals surface area contributed by atoms with Gasteiger partial charge in [0, 0.05) is 25.7 Å². The summed E-state index contributed by atoms with van der Waals surface area (Å²) >= 11 is 0. The molecule has 3 heterocycles. The lowest BCUT2D eigenvalue weighted by atomic mass is 9.67. The average Bonchev–Trinajstić information content (AvgIpc) is 3.37. The first-order valence-corrected chi connectivity index (χ1v) is 14.1. The number of quaternary nitrogens is 1. The number of carbonyl (C=O) groups excluding carboxylic acids is 1. The molecule has 0 unspecified atom stereocenters. The largest absolute Gasteiger partial charge is 1.00 e. The predicted molar refractivity (Wildman–Crippen MR) is 140 cm³/mol. The molecule has 6 rings (SSSR count). The van der Waals surface area contributed by atoms with E-state index in [2.05, 4.69) is 58.0 Å². The van der Waals surface area contributed by atoms with E-state index in [-0.39, 0.29) is 23.7 Å². The second-order valence-corrected chi connectivity index (χ2v) is 11.7. The van der Waals surface area contributed by atoms with Gasteiger partial charge in [0.2, 0.25) is 5.91 Å². The molecule has 2 saturated heterocycles. The molecule has 37 heavy (non-hydrogen) atoms. The normalized spacial score (nSPS) is 29.8. The third-order valence-electron chi connectivity index (χ3n) is 9.80. The number of likely N-dealkylation sites (tertiary alicyclic amines) is 1. The fourth-order valence-electron chi connectivity index (χ4n) is 7.98. The van der Waals surface area contributed by atoms with Crippen molar-refractivity contribution in [3.8, 4) is 6.07 Å². The van der Waals surface area contributed by atoms with E-state index in [0.29, 0.717) is 29.3 Å². The summed E-state index contributed by atoms with van der Waals surface area (Å²) in [5.41, 5.74) is 4.44. The van der Waals surface area contributed by atoms with Gasteiger partial charge < -0.3 is 27.9 Å². The van der Waals surface area contributed by atoms with Gasteiger partial charge in [-0.3, -0.25) is 4.79 Å². The molecule has 3 fully saturated rings. The smallest absolute Gasteiger partial charge is 0.232 e. The van der Waals surface area contributed by atoms with Crippen molar-refractivity contribution < 1.29 is 22.5 Å². The summed E-state index contributed by atoms with van der Waals surface area (Å²) < 4.78 is 0. The highest BCUT2D eigenvalue weighted by molar-refractivity contribution is 5.82. The zero-order valence-electron chi connectivity index (χ0n) is 21.7. The second-order valence-electron chi connectivity index (χ2n) is 11.7. The zero-order chi connectivity index (χ0) is 24.5. The molecule has 1 aliphatic carbocycles. The van der Waals surface area contributed by atoms with Gasteiger partial charge in [0.25, 0.3) is 0 Å². The summed E-state index contributed by atoms with van der Waals surface area (Å²) in [6.45, 7) is 4.29. The number of halogens is 1. The molecule has 2 aromatic rings. The maximum Gasteiger partial charge on any atom is 0.232 e. The van der Waals surface area contributed by atoms with Crippen molar-refractivity contribution in [3.63, 3.8) is 0 Å². The van der Waals surface area contributed by atoms with Gasteiger partial charge in [-0.25, -0.2) is 0 Å². The Labute approximate surface area is 227 Å². The first-order valence-electron chi connectivity index (χ1n) is 14.1. The maximum atomic E-state index is 14.5. The zero-order valence-corrected chi connectivity index (χ0v) is 22.4. The molecular weight excluding hydrogens is 480 g/mol. The minimum atomic E-state index is -0.188. The number of nitrogens with zero attached hydrogens (tertiary/aromatic N) is 2. The van der Waals surface area contributed by atoms with Crippen LogP contribution in [0, 0.1) is 23.2 Å². The standard InChI is InChI=1S/C31H38N4O.ClH/c32-17-22-11-12-27-26(15-22)18-33-20-31(27)21-34-19-28(31)30(36)35-14-13-25(23-7-3-1-4-8-23)16-29(35)24-9-5-2-6-10-24;/h1,3-4,7-8,11-12,15,24-25,28-29,33-34H,2,5-6,9-10,13-14,16,18-21H2;1H/t25-,28+,29+,31+;/m1./s1. The molecule has 1 amide bonds. The topological polar surface area (TPSA) is 72.7 Å². The van der Waals surface area contributed by atoms with Gasteiger partial charge in [-0.1, -0.05) is 55.7 Å². The fraction of sp³-hybridized carbons (Fsp3) is 0.548. The quantitative estimate of drug-likeness (QED) is 0.620. The minimum absolute atomic E-state index is 0. The van der Waals surface area contributed by atoms with Crippen LogP contribution in [0.15, 0.2) is 48.5 Å². The fourth-order valence-corrected chi connectivity index (χ4v) is 7.98. The number of hydrogen-bond acceptors (Lipinski definition) is 3. The highest BCUT2D eigenvalue weighted by atomic mass is 35.5. The van der Waals surface area contributed by atoms with E-state index in [1.54, 1.807) is 0 Å². The molecule has 3 N–H and O–H groups in total. The molecule has 0 aromatic heterocycles. The van der Waals surface area contributed by atoms with E-state index in [0.717, 1.165) is 45.6 Å². The molecule has 196 valence electrons. The molecule has 4 atom stereocenters. The molecule has 1 saturated carbocycles. The van der Waals surface area contributed by atoms with E-state index < -0.39 is 0 Å².